The van der Waals surface area contributed by atoms with Crippen LogP contribution in [0.3, 0.4) is 0 Å². The molecule has 0 unspecified atom stereocenters. The van der Waals surface area contributed by atoms with Crippen LogP contribution in [0.5, 0.6) is 0 Å². The minimum Gasteiger partial charge on any atom is -0.378 e. The third-order valence-corrected chi connectivity index (χ3v) is 8.79. The second kappa shape index (κ2) is 11.0. The Morgan fingerprint density at radius 1 is 0.875 bits per heavy atom. The first-order valence-corrected chi connectivity index (χ1v) is 13.2. The van der Waals surface area contributed by atoms with Crippen molar-refractivity contribution in [2.75, 3.05) is 68.8 Å². The van der Waals surface area contributed by atoms with E-state index in [9.17, 15) is 0 Å². The molecule has 32 heavy (non-hydrogen) atoms. The van der Waals surface area contributed by atoms with Crippen molar-refractivity contribution >= 4 is 23.8 Å². The van der Waals surface area contributed by atoms with Crippen molar-refractivity contribution in [3.8, 4) is 0 Å². The van der Waals surface area contributed by atoms with Gasteiger partial charge in [0.05, 0.1) is 13.2 Å². The Morgan fingerprint density at radius 3 is 2.22 bits per heavy atom. The summed E-state index contributed by atoms with van der Waals surface area (Å²) < 4.78 is 5.62. The lowest BCUT2D eigenvalue weighted by Crippen LogP contribution is -2.47. The normalized spacial score (nSPS) is 24.7. The van der Waals surface area contributed by atoms with Crippen molar-refractivity contribution in [1.82, 2.24) is 4.90 Å². The predicted octanol–water partition coefficient (Wildman–Crippen LogP) is 5.70. The van der Waals surface area contributed by atoms with Crippen molar-refractivity contribution in [1.29, 1.82) is 0 Å². The summed E-state index contributed by atoms with van der Waals surface area (Å²) in [7, 11) is 0. The quantitative estimate of drug-likeness (QED) is 0.560. The van der Waals surface area contributed by atoms with Gasteiger partial charge in [-0.05, 0) is 86.6 Å². The zero-order valence-corrected chi connectivity index (χ0v) is 21.0. The molecular formula is C27H44ClN3O. The number of halogens is 1. The molecule has 1 aromatic rings. The van der Waals surface area contributed by atoms with Gasteiger partial charge < -0.3 is 14.5 Å². The fourth-order valence-corrected chi connectivity index (χ4v) is 6.87. The van der Waals surface area contributed by atoms with Crippen LogP contribution in [-0.4, -0.2) is 63.9 Å². The van der Waals surface area contributed by atoms with Gasteiger partial charge in [0.15, 0.2) is 0 Å². The molecule has 2 saturated carbocycles. The van der Waals surface area contributed by atoms with E-state index in [1.54, 1.807) is 11.3 Å². The van der Waals surface area contributed by atoms with E-state index in [4.69, 9.17) is 4.74 Å². The van der Waals surface area contributed by atoms with Gasteiger partial charge in [0.25, 0.3) is 0 Å². The monoisotopic (exact) mass is 461 g/mol. The molecule has 0 aromatic heterocycles. The van der Waals surface area contributed by atoms with Gasteiger partial charge in [0.2, 0.25) is 0 Å². The molecule has 2 heterocycles. The van der Waals surface area contributed by atoms with Gasteiger partial charge in [-0.3, -0.25) is 4.90 Å². The average Bonchev–Trinajstić information content (AvgIpc) is 3.28. The van der Waals surface area contributed by atoms with Gasteiger partial charge in [-0.2, -0.15) is 0 Å². The van der Waals surface area contributed by atoms with Crippen LogP contribution in [0.2, 0.25) is 0 Å². The highest BCUT2D eigenvalue weighted by atomic mass is 35.5. The Balaban J connectivity index is 0.00000245. The summed E-state index contributed by atoms with van der Waals surface area (Å²) in [5.74, 6) is 0.746. The van der Waals surface area contributed by atoms with E-state index in [1.807, 2.05) is 0 Å². The summed E-state index contributed by atoms with van der Waals surface area (Å²) in [6, 6.07) is 7.44. The first-order valence-electron chi connectivity index (χ1n) is 13.2. The summed E-state index contributed by atoms with van der Waals surface area (Å²) in [6.45, 7) is 12.1. The van der Waals surface area contributed by atoms with Gasteiger partial charge in [0, 0.05) is 50.6 Å². The maximum Gasteiger partial charge on any atom is 0.0642 e. The molecule has 5 rings (SSSR count). The summed E-state index contributed by atoms with van der Waals surface area (Å²) in [6.07, 6.45) is 12.9. The molecule has 4 fully saturated rings. The van der Waals surface area contributed by atoms with Crippen LogP contribution in [0, 0.1) is 5.41 Å². The molecule has 0 amide bonds. The van der Waals surface area contributed by atoms with Crippen molar-refractivity contribution in [2.24, 2.45) is 5.41 Å². The fraction of sp³-hybridized carbons (Fsp3) is 0.778. The van der Waals surface area contributed by atoms with E-state index >= 15 is 0 Å². The summed E-state index contributed by atoms with van der Waals surface area (Å²) >= 11 is 0. The molecule has 0 bridgehead atoms. The molecule has 0 atom stereocenters. The van der Waals surface area contributed by atoms with E-state index < -0.39 is 0 Å². The minimum atomic E-state index is 0. The average molecular weight is 462 g/mol. The molecule has 4 nitrogen and oxygen atoms in total. The third-order valence-electron chi connectivity index (χ3n) is 8.79. The zero-order valence-electron chi connectivity index (χ0n) is 20.2. The molecule has 4 aliphatic rings. The molecule has 180 valence electrons. The molecule has 2 aliphatic heterocycles. The van der Waals surface area contributed by atoms with E-state index in [1.165, 1.54) is 96.2 Å². The Bertz CT molecular complexity index is 712. The van der Waals surface area contributed by atoms with E-state index in [0.717, 1.165) is 32.2 Å². The number of morpholine rings is 1. The lowest BCUT2D eigenvalue weighted by molar-refractivity contribution is 0.122. The van der Waals surface area contributed by atoms with Crippen molar-refractivity contribution in [3.05, 3.63) is 23.8 Å². The van der Waals surface area contributed by atoms with Crippen LogP contribution in [0.1, 0.15) is 76.2 Å². The molecule has 0 radical (unpaired) electrons. The van der Waals surface area contributed by atoms with E-state index in [-0.39, 0.29) is 12.4 Å². The summed E-state index contributed by atoms with van der Waals surface area (Å²) in [4.78, 5) is 7.88. The zero-order chi connectivity index (χ0) is 21.1. The molecule has 1 spiro atoms. The number of hydrogen-bond donors (Lipinski definition) is 0. The van der Waals surface area contributed by atoms with Gasteiger partial charge in [-0.15, -0.1) is 12.4 Å². The topological polar surface area (TPSA) is 19.0 Å². The fourth-order valence-electron chi connectivity index (χ4n) is 6.87. The first kappa shape index (κ1) is 24.2. The van der Waals surface area contributed by atoms with Crippen LogP contribution in [-0.2, 0) is 4.74 Å². The van der Waals surface area contributed by atoms with Crippen molar-refractivity contribution in [3.63, 3.8) is 0 Å². The van der Waals surface area contributed by atoms with Crippen LogP contribution in [0.25, 0.3) is 0 Å². The standard InChI is InChI=1S/C27H43N3O.ClH/c1-2-13-28-14-16-30(17-15-28)26-6-5-24(29-18-20-31-21-19-29)22-25(26)23-7-11-27(12-8-23)9-3-4-10-27;/h5-6,22-23H,2-4,7-21H2,1H3;1H. The Morgan fingerprint density at radius 2 is 1.56 bits per heavy atom. The molecular weight excluding hydrogens is 418 g/mol. The van der Waals surface area contributed by atoms with E-state index in [2.05, 4.69) is 39.8 Å². The molecule has 1 aromatic carbocycles. The Labute approximate surface area is 202 Å². The summed E-state index contributed by atoms with van der Waals surface area (Å²) in [5.41, 5.74) is 5.33. The second-order valence-electron chi connectivity index (χ2n) is 10.7. The maximum atomic E-state index is 5.62. The van der Waals surface area contributed by atoms with Crippen LogP contribution in [0.4, 0.5) is 11.4 Å². The number of rotatable bonds is 5. The highest BCUT2D eigenvalue weighted by Crippen LogP contribution is 2.53. The number of hydrogen-bond acceptors (Lipinski definition) is 4. The minimum absolute atomic E-state index is 0. The van der Waals surface area contributed by atoms with Crippen LogP contribution < -0.4 is 9.80 Å². The predicted molar refractivity (Wildman–Crippen MR) is 138 cm³/mol. The van der Waals surface area contributed by atoms with Crippen molar-refractivity contribution < 1.29 is 4.74 Å². The third kappa shape index (κ3) is 5.23. The Hall–Kier alpha value is -0.970. The van der Waals surface area contributed by atoms with Crippen LogP contribution >= 0.6 is 12.4 Å². The highest BCUT2D eigenvalue weighted by molar-refractivity contribution is 5.85. The number of benzene rings is 1. The number of nitrogens with zero attached hydrogens (tertiary/aromatic N) is 3. The first-order chi connectivity index (χ1) is 15.3. The molecule has 2 saturated heterocycles. The largest absolute Gasteiger partial charge is 0.378 e. The lowest BCUT2D eigenvalue weighted by atomic mass is 9.68. The molecule has 5 heteroatoms. The number of piperazine rings is 1. The SMILES string of the molecule is CCCN1CCN(c2ccc(N3CCOCC3)cc2C2CCC3(CCCC3)CC2)CC1.Cl. The second-order valence-corrected chi connectivity index (χ2v) is 10.7. The van der Waals surface area contributed by atoms with Gasteiger partial charge >= 0.3 is 0 Å². The van der Waals surface area contributed by atoms with Gasteiger partial charge in [-0.1, -0.05) is 19.8 Å². The number of anilines is 2. The Kier molecular flexibility index (Phi) is 8.28. The number of ether oxygens (including phenoxy) is 1. The highest BCUT2D eigenvalue weighted by Gasteiger charge is 2.38. The summed E-state index contributed by atoms with van der Waals surface area (Å²) in [5, 5.41) is 0. The van der Waals surface area contributed by atoms with Crippen molar-refractivity contribution in [2.45, 2.75) is 70.6 Å². The van der Waals surface area contributed by atoms with Gasteiger partial charge in [0.1, 0.15) is 0 Å². The van der Waals surface area contributed by atoms with E-state index in [0.29, 0.717) is 5.41 Å². The lowest BCUT2D eigenvalue weighted by Gasteiger charge is -2.41. The van der Waals surface area contributed by atoms with Gasteiger partial charge in [-0.25, -0.2) is 0 Å². The maximum absolute atomic E-state index is 5.62. The smallest absolute Gasteiger partial charge is 0.0642 e. The molecule has 0 N–H and O–H groups in total. The molecule has 2 aliphatic carbocycles. The van der Waals surface area contributed by atoms with Crippen LogP contribution in [0.15, 0.2) is 18.2 Å².